The predicted molar refractivity (Wildman–Crippen MR) is 91.3 cm³/mol. The molecule has 23 heavy (non-hydrogen) atoms. The molecule has 2 aliphatic rings. The number of amides is 1. The van der Waals surface area contributed by atoms with Crippen molar-refractivity contribution in [2.24, 2.45) is 11.8 Å². The van der Waals surface area contributed by atoms with E-state index in [1.807, 2.05) is 13.0 Å². The highest BCUT2D eigenvalue weighted by Gasteiger charge is 2.28. The molecule has 1 heterocycles. The zero-order chi connectivity index (χ0) is 16.4. The van der Waals surface area contributed by atoms with Crippen molar-refractivity contribution in [3.8, 4) is 5.75 Å². The van der Waals surface area contributed by atoms with Crippen LogP contribution in [0.1, 0.15) is 42.4 Å². The van der Waals surface area contributed by atoms with Gasteiger partial charge in [-0.2, -0.15) is 0 Å². The molecule has 0 radical (unpaired) electrons. The number of aromatic hydroxyl groups is 1. The first-order valence-electron chi connectivity index (χ1n) is 8.82. The normalized spacial score (nSPS) is 22.1. The highest BCUT2D eigenvalue weighted by molar-refractivity contribution is 5.79. The number of hydrogen-bond donors (Lipinski definition) is 2. The Kier molecular flexibility index (Phi) is 4.90. The lowest BCUT2D eigenvalue weighted by molar-refractivity contribution is -0.126. The lowest BCUT2D eigenvalue weighted by Crippen LogP contribution is -2.43. The number of aryl methyl sites for hydroxylation is 2. The number of rotatable bonds is 5. The third-order valence-corrected chi connectivity index (χ3v) is 5.23. The van der Waals surface area contributed by atoms with Crippen LogP contribution in [0, 0.1) is 25.7 Å². The molecule has 0 bridgehead atoms. The minimum atomic E-state index is 0.0937. The maximum Gasteiger partial charge on any atom is 0.224 e. The number of carbonyl (C=O) groups is 1. The van der Waals surface area contributed by atoms with Crippen molar-refractivity contribution in [1.82, 2.24) is 10.2 Å². The number of piperidine rings is 1. The first kappa shape index (κ1) is 16.3. The maximum absolute atomic E-state index is 12.3. The van der Waals surface area contributed by atoms with E-state index in [1.54, 1.807) is 0 Å². The maximum atomic E-state index is 12.3. The van der Waals surface area contributed by atoms with Gasteiger partial charge in [-0.3, -0.25) is 9.69 Å². The number of nitrogens with zero attached hydrogens (tertiary/aromatic N) is 1. The van der Waals surface area contributed by atoms with Crippen LogP contribution in [-0.2, 0) is 11.3 Å². The van der Waals surface area contributed by atoms with Gasteiger partial charge in [-0.1, -0.05) is 6.07 Å². The van der Waals surface area contributed by atoms with Crippen LogP contribution in [0.5, 0.6) is 5.75 Å². The summed E-state index contributed by atoms with van der Waals surface area (Å²) in [6, 6.07) is 3.91. The molecule has 3 rings (SSSR count). The number of nitrogens with one attached hydrogen (secondary N) is 1. The molecule has 126 valence electrons. The molecular formula is C19H28N2O2. The van der Waals surface area contributed by atoms with Gasteiger partial charge in [0.25, 0.3) is 0 Å². The largest absolute Gasteiger partial charge is 0.508 e. The van der Waals surface area contributed by atoms with Gasteiger partial charge in [-0.15, -0.1) is 0 Å². The SMILES string of the molecule is Cc1cc(O)c(CN2CCCC(C(=O)NCC3CC3)C2)cc1C. The Balaban J connectivity index is 1.57. The van der Waals surface area contributed by atoms with Crippen LogP contribution in [0.4, 0.5) is 0 Å². The minimum absolute atomic E-state index is 0.0937. The zero-order valence-electron chi connectivity index (χ0n) is 14.3. The number of hydrogen-bond acceptors (Lipinski definition) is 3. The van der Waals surface area contributed by atoms with Gasteiger partial charge in [0, 0.05) is 25.2 Å². The lowest BCUT2D eigenvalue weighted by Gasteiger charge is -2.32. The summed E-state index contributed by atoms with van der Waals surface area (Å²) in [5, 5.41) is 13.3. The molecule has 4 heteroatoms. The van der Waals surface area contributed by atoms with Crippen molar-refractivity contribution in [2.75, 3.05) is 19.6 Å². The van der Waals surface area contributed by atoms with Crippen LogP contribution in [0.15, 0.2) is 12.1 Å². The second-order valence-corrected chi connectivity index (χ2v) is 7.33. The molecule has 1 unspecified atom stereocenters. The number of phenols is 1. The van der Waals surface area contributed by atoms with Gasteiger partial charge in [0.1, 0.15) is 5.75 Å². The smallest absolute Gasteiger partial charge is 0.224 e. The minimum Gasteiger partial charge on any atom is -0.508 e. The zero-order valence-corrected chi connectivity index (χ0v) is 14.3. The van der Waals surface area contributed by atoms with E-state index in [4.69, 9.17) is 0 Å². The van der Waals surface area contributed by atoms with Crippen LogP contribution in [0.25, 0.3) is 0 Å². The topological polar surface area (TPSA) is 52.6 Å². The molecule has 2 N–H and O–H groups in total. The Labute approximate surface area is 138 Å². The number of carbonyl (C=O) groups excluding carboxylic acids is 1. The highest BCUT2D eigenvalue weighted by atomic mass is 16.3. The average Bonchev–Trinajstić information content (AvgIpc) is 3.35. The molecule has 1 saturated heterocycles. The second-order valence-electron chi connectivity index (χ2n) is 7.33. The molecule has 1 aromatic carbocycles. The molecule has 1 amide bonds. The summed E-state index contributed by atoms with van der Waals surface area (Å²) in [6.07, 6.45) is 4.56. The van der Waals surface area contributed by atoms with Crippen molar-refractivity contribution in [2.45, 2.75) is 46.1 Å². The summed E-state index contributed by atoms with van der Waals surface area (Å²) in [4.78, 5) is 14.6. The Morgan fingerprint density at radius 1 is 1.26 bits per heavy atom. The highest BCUT2D eigenvalue weighted by Crippen LogP contribution is 2.28. The standard InChI is InChI=1S/C19H28N2O2/c1-13-8-17(18(22)9-14(13)2)12-21-7-3-4-16(11-21)19(23)20-10-15-5-6-15/h8-9,15-16,22H,3-7,10-12H2,1-2H3,(H,20,23). The summed E-state index contributed by atoms with van der Waals surface area (Å²) < 4.78 is 0. The third kappa shape index (κ3) is 4.25. The van der Waals surface area contributed by atoms with E-state index >= 15 is 0 Å². The van der Waals surface area contributed by atoms with Crippen LogP contribution >= 0.6 is 0 Å². The third-order valence-electron chi connectivity index (χ3n) is 5.23. The predicted octanol–water partition coefficient (Wildman–Crippen LogP) is 2.75. The van der Waals surface area contributed by atoms with Crippen LogP contribution in [0.2, 0.25) is 0 Å². The van der Waals surface area contributed by atoms with Crippen LogP contribution in [-0.4, -0.2) is 35.5 Å². The Morgan fingerprint density at radius 2 is 2.00 bits per heavy atom. The molecule has 1 aliphatic heterocycles. The van der Waals surface area contributed by atoms with Gasteiger partial charge < -0.3 is 10.4 Å². The summed E-state index contributed by atoms with van der Waals surface area (Å²) >= 11 is 0. The van der Waals surface area contributed by atoms with Gasteiger partial charge >= 0.3 is 0 Å². The van der Waals surface area contributed by atoms with Gasteiger partial charge in [-0.05, 0) is 69.2 Å². The fraction of sp³-hybridized carbons (Fsp3) is 0.632. The van der Waals surface area contributed by atoms with Crippen LogP contribution in [0.3, 0.4) is 0 Å². The Hall–Kier alpha value is -1.55. The fourth-order valence-electron chi connectivity index (χ4n) is 3.35. The molecule has 1 atom stereocenters. The molecule has 4 nitrogen and oxygen atoms in total. The number of phenolic OH excluding ortho intramolecular Hbond substituents is 1. The average molecular weight is 316 g/mol. The number of benzene rings is 1. The molecule has 0 aromatic heterocycles. The van der Waals surface area contributed by atoms with Crippen molar-refractivity contribution in [1.29, 1.82) is 0 Å². The molecule has 1 aromatic rings. The summed E-state index contributed by atoms with van der Waals surface area (Å²) in [7, 11) is 0. The van der Waals surface area contributed by atoms with E-state index in [-0.39, 0.29) is 11.8 Å². The van der Waals surface area contributed by atoms with E-state index in [9.17, 15) is 9.90 Å². The van der Waals surface area contributed by atoms with Crippen LogP contribution < -0.4 is 5.32 Å². The van der Waals surface area contributed by atoms with E-state index in [0.29, 0.717) is 5.75 Å². The van der Waals surface area contributed by atoms with Crippen molar-refractivity contribution < 1.29 is 9.90 Å². The van der Waals surface area contributed by atoms with Gasteiger partial charge in [0.2, 0.25) is 5.91 Å². The summed E-state index contributed by atoms with van der Waals surface area (Å²) in [5.74, 6) is 1.40. The van der Waals surface area contributed by atoms with Crippen molar-refractivity contribution in [3.63, 3.8) is 0 Å². The van der Waals surface area contributed by atoms with Gasteiger partial charge in [-0.25, -0.2) is 0 Å². The molecular weight excluding hydrogens is 288 g/mol. The molecule has 2 fully saturated rings. The van der Waals surface area contributed by atoms with Crippen molar-refractivity contribution >= 4 is 5.91 Å². The van der Waals surface area contributed by atoms with E-state index in [0.717, 1.165) is 56.1 Å². The van der Waals surface area contributed by atoms with E-state index < -0.39 is 0 Å². The van der Waals surface area contributed by atoms with Gasteiger partial charge in [0.05, 0.1) is 5.92 Å². The monoisotopic (exact) mass is 316 g/mol. The lowest BCUT2D eigenvalue weighted by atomic mass is 9.96. The summed E-state index contributed by atoms with van der Waals surface area (Å²) in [6.45, 7) is 7.46. The quantitative estimate of drug-likeness (QED) is 0.878. The molecule has 1 saturated carbocycles. The van der Waals surface area contributed by atoms with Crippen molar-refractivity contribution in [3.05, 3.63) is 28.8 Å². The Morgan fingerprint density at radius 3 is 2.74 bits per heavy atom. The Bertz CT molecular complexity index is 581. The summed E-state index contributed by atoms with van der Waals surface area (Å²) in [5.41, 5.74) is 3.28. The first-order chi connectivity index (χ1) is 11.0. The van der Waals surface area contributed by atoms with E-state index in [1.165, 1.54) is 18.4 Å². The fourth-order valence-corrected chi connectivity index (χ4v) is 3.35. The van der Waals surface area contributed by atoms with Gasteiger partial charge in [0.15, 0.2) is 0 Å². The number of likely N-dealkylation sites (tertiary alicyclic amines) is 1. The second kappa shape index (κ2) is 6.91. The first-order valence-corrected chi connectivity index (χ1v) is 8.82. The molecule has 1 aliphatic carbocycles. The molecule has 0 spiro atoms. The van der Waals surface area contributed by atoms with E-state index in [2.05, 4.69) is 23.2 Å².